The van der Waals surface area contributed by atoms with Crippen LogP contribution < -0.4 is 0 Å². The lowest BCUT2D eigenvalue weighted by molar-refractivity contribution is -0.454. The summed E-state index contributed by atoms with van der Waals surface area (Å²) < 4.78 is 0. The molecule has 0 aromatic carbocycles. The van der Waals surface area contributed by atoms with Crippen LogP contribution in [0.1, 0.15) is 20.8 Å². The molecule has 1 atom stereocenters. The average molecular weight is 206 g/mol. The highest BCUT2D eigenvalue weighted by atomic mass is 16.7. The first-order chi connectivity index (χ1) is 5.75. The van der Waals surface area contributed by atoms with Gasteiger partial charge in [-0.25, -0.2) is 0 Å². The van der Waals surface area contributed by atoms with Gasteiger partial charge in [0.1, 0.15) is 5.69 Å². The van der Waals surface area contributed by atoms with Crippen molar-refractivity contribution < 1.29 is 30.6 Å². The molecule has 0 rings (SSSR count). The lowest BCUT2D eigenvalue weighted by Gasteiger charge is -2.50. The van der Waals surface area contributed by atoms with E-state index in [1.165, 1.54) is 20.8 Å². The standard InChI is InChI=1S/C7H15BO6/c1-4(2,3)5(9,6(8,10)11)7(12,13)14/h9-14H,1-3H3. The summed E-state index contributed by atoms with van der Waals surface area (Å²) in [4.78, 5) is 0. The highest BCUT2D eigenvalue weighted by molar-refractivity contribution is 6.14. The predicted molar refractivity (Wildman–Crippen MR) is 46.7 cm³/mol. The van der Waals surface area contributed by atoms with Gasteiger partial charge in [0.25, 0.3) is 0 Å². The smallest absolute Gasteiger partial charge is 0.311 e. The van der Waals surface area contributed by atoms with Gasteiger partial charge in [0.2, 0.25) is 0 Å². The lowest BCUT2D eigenvalue weighted by Crippen LogP contribution is -2.74. The van der Waals surface area contributed by atoms with E-state index in [2.05, 4.69) is 0 Å². The SMILES string of the molecule is [B]C(O)(O)C(O)(C(C)(C)C)C(O)(O)O. The maximum absolute atomic E-state index is 9.65. The molecule has 0 aromatic heterocycles. The summed E-state index contributed by atoms with van der Waals surface area (Å²) in [5.74, 6) is -3.75. The van der Waals surface area contributed by atoms with Gasteiger partial charge in [0, 0.05) is 5.41 Å². The molecule has 0 fully saturated rings. The number of aliphatic hydroxyl groups is 6. The van der Waals surface area contributed by atoms with E-state index in [9.17, 15) is 5.11 Å². The molecule has 0 spiro atoms. The van der Waals surface area contributed by atoms with E-state index in [4.69, 9.17) is 33.4 Å². The molecular formula is C7H15BO6. The number of hydrogen-bond donors (Lipinski definition) is 6. The summed E-state index contributed by atoms with van der Waals surface area (Å²) in [6.07, 6.45) is 0. The van der Waals surface area contributed by atoms with Gasteiger partial charge in [-0.1, -0.05) is 20.8 Å². The summed E-state index contributed by atoms with van der Waals surface area (Å²) in [7, 11) is 4.77. The van der Waals surface area contributed by atoms with E-state index in [0.717, 1.165) is 0 Å². The third-order valence-electron chi connectivity index (χ3n) is 2.10. The number of rotatable bonds is 2. The summed E-state index contributed by atoms with van der Waals surface area (Å²) in [6, 6.07) is 0. The van der Waals surface area contributed by atoms with Crippen LogP contribution in [-0.2, 0) is 0 Å². The van der Waals surface area contributed by atoms with Crippen molar-refractivity contribution in [3.63, 3.8) is 0 Å². The van der Waals surface area contributed by atoms with Crippen molar-refractivity contribution in [2.45, 2.75) is 38.0 Å². The van der Waals surface area contributed by atoms with E-state index < -0.39 is 22.7 Å². The van der Waals surface area contributed by atoms with Crippen molar-refractivity contribution in [2.75, 3.05) is 0 Å². The van der Waals surface area contributed by atoms with Crippen molar-refractivity contribution in [1.29, 1.82) is 0 Å². The Hall–Kier alpha value is -0.175. The zero-order chi connectivity index (χ0) is 12.0. The van der Waals surface area contributed by atoms with Gasteiger partial charge in [-0.05, 0) is 0 Å². The molecule has 0 saturated heterocycles. The lowest BCUT2D eigenvalue weighted by atomic mass is 9.63. The normalized spacial score (nSPS) is 19.2. The van der Waals surface area contributed by atoms with E-state index >= 15 is 0 Å². The van der Waals surface area contributed by atoms with Crippen molar-refractivity contribution >= 4 is 7.85 Å². The number of hydrogen-bond acceptors (Lipinski definition) is 6. The minimum absolute atomic E-state index is 1.23. The molecule has 0 bridgehead atoms. The molecule has 0 heterocycles. The molecule has 0 saturated carbocycles. The van der Waals surface area contributed by atoms with Crippen LogP contribution in [0, 0.1) is 5.41 Å². The largest absolute Gasteiger partial charge is 0.377 e. The molecule has 82 valence electrons. The molecule has 0 amide bonds. The Bertz CT molecular complexity index is 172. The fourth-order valence-corrected chi connectivity index (χ4v) is 1.30. The molecule has 6 N–H and O–H groups in total. The molecular weight excluding hydrogens is 191 g/mol. The minimum atomic E-state index is -3.75. The fourth-order valence-electron chi connectivity index (χ4n) is 1.30. The molecule has 0 aliphatic heterocycles. The molecule has 7 heteroatoms. The first-order valence-electron chi connectivity index (χ1n) is 3.88. The minimum Gasteiger partial charge on any atom is -0.377 e. The fraction of sp³-hybridized carbons (Fsp3) is 1.00. The topological polar surface area (TPSA) is 121 Å². The van der Waals surface area contributed by atoms with E-state index in [1.807, 2.05) is 0 Å². The van der Waals surface area contributed by atoms with Crippen LogP contribution in [0.4, 0.5) is 0 Å². The molecule has 2 radical (unpaired) electrons. The Balaban J connectivity index is 5.54. The van der Waals surface area contributed by atoms with Gasteiger partial charge in [-0.15, -0.1) is 0 Å². The molecule has 0 aliphatic carbocycles. The molecule has 0 aromatic rings. The molecule has 6 nitrogen and oxygen atoms in total. The molecule has 1 unspecified atom stereocenters. The maximum Gasteiger partial charge on any atom is 0.311 e. The second kappa shape index (κ2) is 3.16. The van der Waals surface area contributed by atoms with E-state index in [0.29, 0.717) is 0 Å². The van der Waals surface area contributed by atoms with E-state index in [1.54, 1.807) is 0 Å². The van der Waals surface area contributed by atoms with Crippen molar-refractivity contribution in [3.8, 4) is 0 Å². The van der Waals surface area contributed by atoms with Crippen molar-refractivity contribution in [1.82, 2.24) is 0 Å². The second-order valence-electron chi connectivity index (χ2n) is 4.32. The average Bonchev–Trinajstić information content (AvgIpc) is 1.77. The van der Waals surface area contributed by atoms with Crippen LogP contribution in [0.3, 0.4) is 0 Å². The maximum atomic E-state index is 9.65. The Kier molecular flexibility index (Phi) is 3.12. The van der Waals surface area contributed by atoms with Gasteiger partial charge < -0.3 is 30.6 Å². The van der Waals surface area contributed by atoms with Crippen LogP contribution in [0.15, 0.2) is 0 Å². The highest BCUT2D eigenvalue weighted by Gasteiger charge is 2.65. The summed E-state index contributed by atoms with van der Waals surface area (Å²) in [6.45, 7) is 3.70. The summed E-state index contributed by atoms with van der Waals surface area (Å²) in [5.41, 5.74) is -8.00. The zero-order valence-electron chi connectivity index (χ0n) is 8.26. The van der Waals surface area contributed by atoms with Crippen LogP contribution >= 0.6 is 0 Å². The van der Waals surface area contributed by atoms with Gasteiger partial charge in [0.15, 0.2) is 13.4 Å². The Morgan fingerprint density at radius 2 is 1.07 bits per heavy atom. The quantitative estimate of drug-likeness (QED) is 0.214. The van der Waals surface area contributed by atoms with Crippen molar-refractivity contribution in [3.05, 3.63) is 0 Å². The second-order valence-corrected chi connectivity index (χ2v) is 4.32. The van der Waals surface area contributed by atoms with E-state index in [-0.39, 0.29) is 0 Å². The Morgan fingerprint density at radius 1 is 0.786 bits per heavy atom. The van der Waals surface area contributed by atoms with Crippen LogP contribution in [0.5, 0.6) is 0 Å². The van der Waals surface area contributed by atoms with Crippen LogP contribution in [-0.4, -0.2) is 55.7 Å². The summed E-state index contributed by atoms with van der Waals surface area (Å²) >= 11 is 0. The predicted octanol–water partition coefficient (Wildman–Crippen LogP) is -2.80. The highest BCUT2D eigenvalue weighted by Crippen LogP contribution is 2.42. The first kappa shape index (κ1) is 13.8. The monoisotopic (exact) mass is 206 g/mol. The van der Waals surface area contributed by atoms with Gasteiger partial charge in [0.05, 0.1) is 0 Å². The van der Waals surface area contributed by atoms with Gasteiger partial charge in [-0.2, -0.15) is 0 Å². The third-order valence-corrected chi connectivity index (χ3v) is 2.10. The Morgan fingerprint density at radius 3 is 1.07 bits per heavy atom. The van der Waals surface area contributed by atoms with Crippen LogP contribution in [0.25, 0.3) is 0 Å². The molecule has 0 aliphatic rings. The summed E-state index contributed by atoms with van der Waals surface area (Å²) in [5, 5.41) is 54.3. The molecule has 14 heavy (non-hydrogen) atoms. The zero-order valence-corrected chi connectivity index (χ0v) is 8.26. The first-order valence-corrected chi connectivity index (χ1v) is 3.88. The van der Waals surface area contributed by atoms with Crippen molar-refractivity contribution in [2.24, 2.45) is 5.41 Å². The van der Waals surface area contributed by atoms with Gasteiger partial charge in [-0.3, -0.25) is 0 Å². The van der Waals surface area contributed by atoms with Crippen LogP contribution in [0.2, 0.25) is 0 Å². The van der Waals surface area contributed by atoms with Gasteiger partial charge >= 0.3 is 5.97 Å². The Labute approximate surface area is 82.8 Å². The third kappa shape index (κ3) is 1.93.